The maximum Gasteiger partial charge on any atom is 0.0127 e. The second kappa shape index (κ2) is 13.7. The molecular weight excluding hydrogens is 422 g/mol. The second-order valence-corrected chi connectivity index (χ2v) is 9.61. The van der Waals surface area contributed by atoms with Gasteiger partial charge in [0.2, 0.25) is 0 Å². The van der Waals surface area contributed by atoms with Crippen molar-refractivity contribution in [1.29, 1.82) is 0 Å². The van der Waals surface area contributed by atoms with Gasteiger partial charge < -0.3 is 5.73 Å². The van der Waals surface area contributed by atoms with E-state index in [-0.39, 0.29) is 0 Å². The number of unbranched alkanes of at least 4 members (excludes halogenated alkanes) is 4. The Balaban J connectivity index is 1.77. The lowest BCUT2D eigenvalue weighted by Crippen LogP contribution is -2.23. The summed E-state index contributed by atoms with van der Waals surface area (Å²) in [6, 6.07) is 44.6. The van der Waals surface area contributed by atoms with E-state index < -0.39 is 0 Å². The first kappa shape index (κ1) is 24.9. The van der Waals surface area contributed by atoms with Crippen LogP contribution in [0.2, 0.25) is 0 Å². The monoisotopic (exact) mass is 461 g/mol. The topological polar surface area (TPSA) is 26.0 Å². The van der Waals surface area contributed by atoms with Gasteiger partial charge in [-0.3, -0.25) is 0 Å². The minimum absolute atomic E-state index is 0.326. The predicted octanol–water partition coefficient (Wildman–Crippen LogP) is 8.57. The van der Waals surface area contributed by atoms with Crippen molar-refractivity contribution in [1.82, 2.24) is 0 Å². The Labute approximate surface area is 212 Å². The van der Waals surface area contributed by atoms with Crippen LogP contribution in [-0.4, -0.2) is 6.54 Å². The third kappa shape index (κ3) is 6.93. The van der Waals surface area contributed by atoms with Gasteiger partial charge in [-0.2, -0.15) is 0 Å². The molecule has 0 radical (unpaired) electrons. The number of rotatable bonds is 13. The van der Waals surface area contributed by atoms with Crippen LogP contribution in [-0.2, 0) is 0 Å². The molecule has 0 aromatic heterocycles. The van der Waals surface area contributed by atoms with Gasteiger partial charge in [0.05, 0.1) is 0 Å². The van der Waals surface area contributed by atoms with Gasteiger partial charge in [-0.25, -0.2) is 0 Å². The molecule has 0 amide bonds. The van der Waals surface area contributed by atoms with Gasteiger partial charge in [0.15, 0.2) is 0 Å². The fraction of sp³-hybridized carbons (Fsp3) is 0.294. The Morgan fingerprint density at radius 2 is 0.714 bits per heavy atom. The van der Waals surface area contributed by atoms with Crippen LogP contribution in [0.4, 0.5) is 0 Å². The maximum atomic E-state index is 5.73. The van der Waals surface area contributed by atoms with Crippen LogP contribution < -0.4 is 5.73 Å². The number of hydrogen-bond acceptors (Lipinski definition) is 1. The molecule has 180 valence electrons. The van der Waals surface area contributed by atoms with E-state index in [4.69, 9.17) is 5.73 Å². The molecule has 2 N–H and O–H groups in total. The highest BCUT2D eigenvalue weighted by Crippen LogP contribution is 2.46. The highest BCUT2D eigenvalue weighted by atomic mass is 14.5. The largest absolute Gasteiger partial charge is 0.330 e. The Morgan fingerprint density at radius 1 is 0.400 bits per heavy atom. The van der Waals surface area contributed by atoms with Crippen molar-refractivity contribution in [2.75, 3.05) is 6.54 Å². The molecule has 35 heavy (non-hydrogen) atoms. The lowest BCUT2D eigenvalue weighted by molar-refractivity contribution is 0.370. The molecule has 0 unspecified atom stereocenters. The number of nitrogens with two attached hydrogens (primary N) is 1. The van der Waals surface area contributed by atoms with Crippen LogP contribution in [0.5, 0.6) is 0 Å². The molecule has 0 atom stereocenters. The molecule has 4 aromatic carbocycles. The number of hydrogen-bond donors (Lipinski definition) is 1. The Morgan fingerprint density at radius 3 is 1.06 bits per heavy atom. The van der Waals surface area contributed by atoms with Gasteiger partial charge in [0.25, 0.3) is 0 Å². The second-order valence-electron chi connectivity index (χ2n) is 9.61. The molecule has 0 saturated carbocycles. The van der Waals surface area contributed by atoms with E-state index in [1.807, 2.05) is 0 Å². The average Bonchev–Trinajstić information content (AvgIpc) is 2.93. The van der Waals surface area contributed by atoms with Crippen molar-refractivity contribution in [3.05, 3.63) is 144 Å². The van der Waals surface area contributed by atoms with Gasteiger partial charge in [-0.05, 0) is 47.6 Å². The van der Waals surface area contributed by atoms with Crippen LogP contribution in [0.15, 0.2) is 121 Å². The first-order valence-corrected chi connectivity index (χ1v) is 13.3. The summed E-state index contributed by atoms with van der Waals surface area (Å²) in [5.41, 5.74) is 11.4. The molecule has 0 aliphatic heterocycles. The molecule has 1 nitrogen and oxygen atoms in total. The van der Waals surface area contributed by atoms with Crippen LogP contribution in [0.1, 0.15) is 72.6 Å². The van der Waals surface area contributed by atoms with Crippen molar-refractivity contribution in [3.8, 4) is 0 Å². The van der Waals surface area contributed by atoms with Gasteiger partial charge in [0, 0.05) is 11.8 Å². The van der Waals surface area contributed by atoms with E-state index in [9.17, 15) is 0 Å². The van der Waals surface area contributed by atoms with Gasteiger partial charge in [-0.15, -0.1) is 0 Å². The quantitative estimate of drug-likeness (QED) is 0.198. The van der Waals surface area contributed by atoms with Gasteiger partial charge in [-0.1, -0.05) is 147 Å². The molecule has 0 aliphatic rings. The average molecular weight is 462 g/mol. The third-order valence-corrected chi connectivity index (χ3v) is 7.23. The van der Waals surface area contributed by atoms with Crippen molar-refractivity contribution in [2.45, 2.75) is 50.4 Å². The number of benzene rings is 4. The van der Waals surface area contributed by atoms with E-state index in [0.717, 1.165) is 13.0 Å². The normalized spacial score (nSPS) is 11.4. The summed E-state index contributed by atoms with van der Waals surface area (Å²) in [6.45, 7) is 0.802. The highest BCUT2D eigenvalue weighted by molar-refractivity contribution is 5.39. The summed E-state index contributed by atoms with van der Waals surface area (Å²) in [7, 11) is 0. The maximum absolute atomic E-state index is 5.73. The Kier molecular flexibility index (Phi) is 9.74. The van der Waals surface area contributed by atoms with Crippen LogP contribution >= 0.6 is 0 Å². The zero-order valence-corrected chi connectivity index (χ0v) is 20.8. The molecule has 0 aliphatic carbocycles. The lowest BCUT2D eigenvalue weighted by atomic mass is 9.68. The molecule has 0 bridgehead atoms. The van der Waals surface area contributed by atoms with Crippen molar-refractivity contribution < 1.29 is 0 Å². The van der Waals surface area contributed by atoms with E-state index in [0.29, 0.717) is 17.8 Å². The molecular formula is C34H39N. The molecule has 4 aromatic rings. The highest BCUT2D eigenvalue weighted by Gasteiger charge is 2.33. The summed E-state index contributed by atoms with van der Waals surface area (Å²) in [4.78, 5) is 0. The Bertz CT molecular complexity index is 915. The molecule has 4 rings (SSSR count). The van der Waals surface area contributed by atoms with Gasteiger partial charge in [0.1, 0.15) is 0 Å². The zero-order valence-electron chi connectivity index (χ0n) is 20.8. The smallest absolute Gasteiger partial charge is 0.0127 e. The SMILES string of the molecule is NCCCCCCCC(C(c1ccccc1)c1ccccc1)C(c1ccccc1)c1ccccc1. The summed E-state index contributed by atoms with van der Waals surface area (Å²) in [5, 5.41) is 0. The summed E-state index contributed by atoms with van der Waals surface area (Å²) in [5.74, 6) is 1.10. The minimum atomic E-state index is 0.326. The molecule has 0 saturated heterocycles. The van der Waals surface area contributed by atoms with Crippen LogP contribution in [0, 0.1) is 5.92 Å². The lowest BCUT2D eigenvalue weighted by Gasteiger charge is -2.36. The van der Waals surface area contributed by atoms with E-state index >= 15 is 0 Å². The fourth-order valence-electron chi connectivity index (χ4n) is 5.60. The summed E-state index contributed by atoms with van der Waals surface area (Å²) < 4.78 is 0. The summed E-state index contributed by atoms with van der Waals surface area (Å²) in [6.07, 6.45) is 7.34. The van der Waals surface area contributed by atoms with E-state index in [1.54, 1.807) is 0 Å². The zero-order chi connectivity index (χ0) is 24.1. The fourth-order valence-corrected chi connectivity index (χ4v) is 5.60. The molecule has 0 fully saturated rings. The van der Waals surface area contributed by atoms with Crippen molar-refractivity contribution in [3.63, 3.8) is 0 Å². The molecule has 0 spiro atoms. The predicted molar refractivity (Wildman–Crippen MR) is 150 cm³/mol. The molecule has 1 heteroatoms. The first-order valence-electron chi connectivity index (χ1n) is 13.3. The van der Waals surface area contributed by atoms with Crippen molar-refractivity contribution >= 4 is 0 Å². The molecule has 0 heterocycles. The Hall–Kier alpha value is -3.16. The van der Waals surface area contributed by atoms with E-state index in [2.05, 4.69) is 121 Å². The summed E-state index contributed by atoms with van der Waals surface area (Å²) >= 11 is 0. The first-order chi connectivity index (χ1) is 17.4. The standard InChI is InChI=1S/C34H39N/c35-27-17-3-1-2-16-26-32(33(28-18-8-4-9-19-28)29-20-10-5-11-21-29)34(30-22-12-6-13-23-30)31-24-14-7-15-25-31/h4-15,18-25,32-34H,1-3,16-17,26-27,35H2. The third-order valence-electron chi connectivity index (χ3n) is 7.23. The van der Waals surface area contributed by atoms with Crippen LogP contribution in [0.3, 0.4) is 0 Å². The van der Waals surface area contributed by atoms with Gasteiger partial charge >= 0.3 is 0 Å². The van der Waals surface area contributed by atoms with Crippen LogP contribution in [0.25, 0.3) is 0 Å². The minimum Gasteiger partial charge on any atom is -0.330 e. The van der Waals surface area contributed by atoms with E-state index in [1.165, 1.54) is 54.4 Å². The van der Waals surface area contributed by atoms with Crippen molar-refractivity contribution in [2.24, 2.45) is 11.7 Å².